The van der Waals surface area contributed by atoms with Crippen molar-refractivity contribution in [3.8, 4) is 11.8 Å². The molecule has 4 nitrogen and oxygen atoms in total. The summed E-state index contributed by atoms with van der Waals surface area (Å²) in [5.74, 6) is -0.693. The van der Waals surface area contributed by atoms with E-state index in [1.807, 2.05) is 0 Å². The number of phenolic OH excluding ortho intramolecular Hbond substituents is 1. The summed E-state index contributed by atoms with van der Waals surface area (Å²) in [4.78, 5) is 11.7. The molecule has 0 fully saturated rings. The van der Waals surface area contributed by atoms with Crippen LogP contribution < -0.4 is 0 Å². The van der Waals surface area contributed by atoms with Crippen LogP contribution in [0.2, 0.25) is 0 Å². The predicted octanol–water partition coefficient (Wildman–Crippen LogP) is 2.64. The zero-order valence-corrected chi connectivity index (χ0v) is 10.6. The van der Waals surface area contributed by atoms with Crippen LogP contribution in [0.5, 0.6) is 5.75 Å². The van der Waals surface area contributed by atoms with E-state index in [1.54, 1.807) is 45.0 Å². The summed E-state index contributed by atoms with van der Waals surface area (Å²) < 4.78 is 5.09. The van der Waals surface area contributed by atoms with Crippen molar-refractivity contribution in [2.45, 2.75) is 26.4 Å². The number of phenols is 1. The number of aromatic hydroxyl groups is 1. The number of para-hydroxylation sites is 1. The quantitative estimate of drug-likeness (QED) is 0.494. The highest BCUT2D eigenvalue weighted by Crippen LogP contribution is 2.20. The first-order valence-corrected chi connectivity index (χ1v) is 5.46. The Morgan fingerprint density at radius 2 is 2.00 bits per heavy atom. The van der Waals surface area contributed by atoms with Crippen LogP contribution in [0.3, 0.4) is 0 Å². The fourth-order valence-electron chi connectivity index (χ4n) is 1.24. The number of ether oxygens (including phenoxy) is 1. The Balaban J connectivity index is 3.02. The first kappa shape index (κ1) is 13.8. The Kier molecular flexibility index (Phi) is 4.11. The summed E-state index contributed by atoms with van der Waals surface area (Å²) in [6.07, 6.45) is 1.31. The van der Waals surface area contributed by atoms with Gasteiger partial charge in [-0.3, -0.25) is 0 Å². The number of esters is 1. The van der Waals surface area contributed by atoms with E-state index in [4.69, 9.17) is 10.00 Å². The fraction of sp³-hybridized carbons (Fsp3) is 0.286. The van der Waals surface area contributed by atoms with Gasteiger partial charge in [-0.2, -0.15) is 5.26 Å². The van der Waals surface area contributed by atoms with Crippen molar-refractivity contribution in [1.82, 2.24) is 0 Å². The van der Waals surface area contributed by atoms with Gasteiger partial charge in [0.05, 0.1) is 0 Å². The number of nitrogens with zero attached hydrogens (tertiary/aromatic N) is 1. The van der Waals surface area contributed by atoms with E-state index in [9.17, 15) is 9.90 Å². The summed E-state index contributed by atoms with van der Waals surface area (Å²) in [6, 6.07) is 8.23. The normalized spacial score (nSPS) is 11.8. The van der Waals surface area contributed by atoms with E-state index in [-0.39, 0.29) is 11.3 Å². The number of carbonyl (C=O) groups excluding carboxylic acids is 1. The molecule has 1 rings (SSSR count). The molecule has 18 heavy (non-hydrogen) atoms. The van der Waals surface area contributed by atoms with E-state index in [1.165, 1.54) is 12.1 Å². The van der Waals surface area contributed by atoms with Crippen LogP contribution in [-0.4, -0.2) is 16.7 Å². The smallest absolute Gasteiger partial charge is 0.349 e. The third-order valence-corrected chi connectivity index (χ3v) is 1.98. The summed E-state index contributed by atoms with van der Waals surface area (Å²) >= 11 is 0. The van der Waals surface area contributed by atoms with Gasteiger partial charge >= 0.3 is 5.97 Å². The third-order valence-electron chi connectivity index (χ3n) is 1.98. The van der Waals surface area contributed by atoms with Crippen molar-refractivity contribution in [3.05, 3.63) is 35.4 Å². The second-order valence-corrected chi connectivity index (χ2v) is 4.73. The fourth-order valence-corrected chi connectivity index (χ4v) is 1.24. The molecule has 0 atom stereocenters. The molecular formula is C14H15NO3. The molecule has 1 aromatic rings. The second-order valence-electron chi connectivity index (χ2n) is 4.73. The monoisotopic (exact) mass is 245 g/mol. The molecule has 0 spiro atoms. The molecule has 0 unspecified atom stereocenters. The maximum absolute atomic E-state index is 11.7. The number of rotatable bonds is 2. The first-order valence-electron chi connectivity index (χ1n) is 5.46. The van der Waals surface area contributed by atoms with Crippen LogP contribution in [0.4, 0.5) is 0 Å². The molecule has 0 aliphatic rings. The number of benzene rings is 1. The molecule has 0 aromatic heterocycles. The maximum Gasteiger partial charge on any atom is 0.349 e. The Labute approximate surface area is 106 Å². The standard InChI is InChI=1S/C14H15NO3/c1-14(2,3)18-13(17)11(9-15)8-10-6-4-5-7-12(10)16/h4-8,16H,1-3H3. The average molecular weight is 245 g/mol. The molecule has 94 valence electrons. The van der Waals surface area contributed by atoms with Gasteiger partial charge in [-0.1, -0.05) is 18.2 Å². The third kappa shape index (κ3) is 3.95. The molecule has 1 aromatic carbocycles. The highest BCUT2D eigenvalue weighted by Gasteiger charge is 2.20. The van der Waals surface area contributed by atoms with Crippen molar-refractivity contribution >= 4 is 12.0 Å². The van der Waals surface area contributed by atoms with Crippen LogP contribution >= 0.6 is 0 Å². The van der Waals surface area contributed by atoms with Crippen molar-refractivity contribution in [2.75, 3.05) is 0 Å². The van der Waals surface area contributed by atoms with Crippen molar-refractivity contribution in [3.63, 3.8) is 0 Å². The molecule has 0 saturated carbocycles. The lowest BCUT2D eigenvalue weighted by atomic mass is 10.1. The van der Waals surface area contributed by atoms with Gasteiger partial charge in [0, 0.05) is 5.56 Å². The van der Waals surface area contributed by atoms with Crippen molar-refractivity contribution in [1.29, 1.82) is 5.26 Å². The second kappa shape index (κ2) is 5.37. The van der Waals surface area contributed by atoms with Gasteiger partial charge in [0.25, 0.3) is 0 Å². The molecule has 0 radical (unpaired) electrons. The SMILES string of the molecule is CC(C)(C)OC(=O)C(C#N)=Cc1ccccc1O. The minimum absolute atomic E-state index is 0.00816. The van der Waals surface area contributed by atoms with Crippen LogP contribution in [0.1, 0.15) is 26.3 Å². The van der Waals surface area contributed by atoms with Crippen LogP contribution in [0.25, 0.3) is 6.08 Å². The lowest BCUT2D eigenvalue weighted by molar-refractivity contribution is -0.149. The molecule has 1 N–H and O–H groups in total. The summed E-state index contributed by atoms with van der Waals surface area (Å²) in [7, 11) is 0. The average Bonchev–Trinajstić information content (AvgIpc) is 2.25. The maximum atomic E-state index is 11.7. The first-order chi connectivity index (χ1) is 8.33. The van der Waals surface area contributed by atoms with E-state index >= 15 is 0 Å². The highest BCUT2D eigenvalue weighted by molar-refractivity contribution is 5.98. The van der Waals surface area contributed by atoms with Gasteiger partial charge in [-0.15, -0.1) is 0 Å². The van der Waals surface area contributed by atoms with Gasteiger partial charge in [0.1, 0.15) is 23.0 Å². The van der Waals surface area contributed by atoms with E-state index in [0.29, 0.717) is 5.56 Å². The Hall–Kier alpha value is -2.28. The summed E-state index contributed by atoms with van der Waals surface area (Å²) in [6.45, 7) is 5.17. The van der Waals surface area contributed by atoms with Crippen molar-refractivity contribution < 1.29 is 14.6 Å². The minimum Gasteiger partial charge on any atom is -0.507 e. The topological polar surface area (TPSA) is 70.3 Å². The van der Waals surface area contributed by atoms with E-state index in [0.717, 1.165) is 0 Å². The molecule has 0 aliphatic carbocycles. The van der Waals surface area contributed by atoms with Gasteiger partial charge in [0.2, 0.25) is 0 Å². The predicted molar refractivity (Wildman–Crippen MR) is 67.5 cm³/mol. The molecular weight excluding hydrogens is 230 g/mol. The molecule has 4 heteroatoms. The number of hydrogen-bond donors (Lipinski definition) is 1. The van der Waals surface area contributed by atoms with Crippen molar-refractivity contribution in [2.24, 2.45) is 0 Å². The number of hydrogen-bond acceptors (Lipinski definition) is 4. The van der Waals surface area contributed by atoms with Gasteiger partial charge in [0.15, 0.2) is 0 Å². The molecule has 0 saturated heterocycles. The van der Waals surface area contributed by atoms with Gasteiger partial charge in [-0.25, -0.2) is 4.79 Å². The largest absolute Gasteiger partial charge is 0.507 e. The summed E-state index contributed by atoms with van der Waals surface area (Å²) in [5.41, 5.74) is -0.405. The zero-order chi connectivity index (χ0) is 13.8. The van der Waals surface area contributed by atoms with Gasteiger partial charge in [-0.05, 0) is 32.9 Å². The number of carbonyl (C=O) groups is 1. The van der Waals surface area contributed by atoms with Crippen LogP contribution in [0, 0.1) is 11.3 Å². The lowest BCUT2D eigenvalue weighted by Gasteiger charge is -2.18. The Bertz CT molecular complexity index is 519. The van der Waals surface area contributed by atoms with E-state index < -0.39 is 11.6 Å². The van der Waals surface area contributed by atoms with Crippen LogP contribution in [-0.2, 0) is 9.53 Å². The Morgan fingerprint density at radius 3 is 2.50 bits per heavy atom. The molecule has 0 bridgehead atoms. The highest BCUT2D eigenvalue weighted by atomic mass is 16.6. The molecule has 0 amide bonds. The molecule has 0 aliphatic heterocycles. The Morgan fingerprint density at radius 1 is 1.39 bits per heavy atom. The van der Waals surface area contributed by atoms with Gasteiger partial charge < -0.3 is 9.84 Å². The summed E-state index contributed by atoms with van der Waals surface area (Å²) in [5, 5.41) is 18.5. The number of nitriles is 1. The van der Waals surface area contributed by atoms with E-state index in [2.05, 4.69) is 0 Å². The lowest BCUT2D eigenvalue weighted by Crippen LogP contribution is -2.24. The van der Waals surface area contributed by atoms with Crippen LogP contribution in [0.15, 0.2) is 29.8 Å². The zero-order valence-electron chi connectivity index (χ0n) is 10.6. The molecule has 0 heterocycles. The minimum atomic E-state index is -0.701.